The molecule has 0 aliphatic carbocycles. The Labute approximate surface area is 131 Å². The highest BCUT2D eigenvalue weighted by Crippen LogP contribution is 2.14. The molecule has 0 bridgehead atoms. The van der Waals surface area contributed by atoms with Crippen LogP contribution in [-0.2, 0) is 16.2 Å². The largest absolute Gasteiger partial charge is 0.462 e. The molecule has 0 saturated heterocycles. The van der Waals surface area contributed by atoms with E-state index in [4.69, 9.17) is 9.47 Å². The molecule has 0 fully saturated rings. The maximum absolute atomic E-state index is 11.7. The average molecular weight is 321 g/mol. The van der Waals surface area contributed by atoms with E-state index in [0.29, 0.717) is 24.5 Å². The van der Waals surface area contributed by atoms with Gasteiger partial charge in [0.2, 0.25) is 0 Å². The van der Waals surface area contributed by atoms with Crippen LogP contribution in [0.3, 0.4) is 0 Å². The predicted molar refractivity (Wildman–Crippen MR) is 87.6 cm³/mol. The SMILES string of the molecule is CCOC(=O)c1cnc2c(cnn2COCC[Si](C)(C)C)c1. The van der Waals surface area contributed by atoms with Crippen LogP contribution in [0.5, 0.6) is 0 Å². The normalized spacial score (nSPS) is 11.8. The topological polar surface area (TPSA) is 66.2 Å². The summed E-state index contributed by atoms with van der Waals surface area (Å²) in [6, 6.07) is 2.86. The van der Waals surface area contributed by atoms with Crippen molar-refractivity contribution in [2.24, 2.45) is 0 Å². The summed E-state index contributed by atoms with van der Waals surface area (Å²) in [5, 5.41) is 5.07. The van der Waals surface area contributed by atoms with Gasteiger partial charge in [0.15, 0.2) is 5.65 Å². The zero-order valence-corrected chi connectivity index (χ0v) is 14.6. The van der Waals surface area contributed by atoms with Gasteiger partial charge in [0, 0.05) is 26.3 Å². The van der Waals surface area contributed by atoms with Crippen molar-refractivity contribution in [3.05, 3.63) is 24.0 Å². The van der Waals surface area contributed by atoms with Crippen LogP contribution in [0.4, 0.5) is 0 Å². The fourth-order valence-electron chi connectivity index (χ4n) is 1.92. The smallest absolute Gasteiger partial charge is 0.339 e. The van der Waals surface area contributed by atoms with E-state index in [0.717, 1.165) is 18.0 Å². The van der Waals surface area contributed by atoms with Gasteiger partial charge in [0.05, 0.1) is 18.4 Å². The van der Waals surface area contributed by atoms with E-state index in [2.05, 4.69) is 29.7 Å². The Morgan fingerprint density at radius 1 is 1.32 bits per heavy atom. The van der Waals surface area contributed by atoms with E-state index in [1.54, 1.807) is 23.9 Å². The molecule has 0 radical (unpaired) electrons. The summed E-state index contributed by atoms with van der Waals surface area (Å²) in [6.07, 6.45) is 3.20. The first kappa shape index (κ1) is 16.6. The molecule has 0 amide bonds. The second kappa shape index (κ2) is 7.02. The monoisotopic (exact) mass is 321 g/mol. The van der Waals surface area contributed by atoms with Gasteiger partial charge in [-0.2, -0.15) is 5.10 Å². The quantitative estimate of drug-likeness (QED) is 0.445. The van der Waals surface area contributed by atoms with Crippen molar-refractivity contribution in [2.75, 3.05) is 13.2 Å². The summed E-state index contributed by atoms with van der Waals surface area (Å²) in [6.45, 7) is 10.2. The Balaban J connectivity index is 2.02. The predicted octanol–water partition coefficient (Wildman–Crippen LogP) is 2.92. The van der Waals surface area contributed by atoms with Crippen LogP contribution in [0.1, 0.15) is 17.3 Å². The summed E-state index contributed by atoms with van der Waals surface area (Å²) in [5.41, 5.74) is 1.15. The fraction of sp³-hybridized carbons (Fsp3) is 0.533. The van der Waals surface area contributed by atoms with Gasteiger partial charge in [0.25, 0.3) is 0 Å². The van der Waals surface area contributed by atoms with Crippen molar-refractivity contribution >= 4 is 25.1 Å². The standard InChI is InChI=1S/C15H23N3O3Si/c1-5-21-15(19)13-8-12-10-17-18(14(12)16-9-13)11-20-6-7-22(2,3)4/h8-10H,5-7,11H2,1-4H3. The first-order valence-corrected chi connectivity index (χ1v) is 11.2. The van der Waals surface area contributed by atoms with Crippen molar-refractivity contribution in [1.82, 2.24) is 14.8 Å². The second-order valence-corrected chi connectivity index (χ2v) is 12.0. The number of hydrogen-bond donors (Lipinski definition) is 0. The van der Waals surface area contributed by atoms with Gasteiger partial charge in [-0.25, -0.2) is 14.5 Å². The number of aromatic nitrogens is 3. The molecule has 0 atom stereocenters. The Morgan fingerprint density at radius 3 is 2.77 bits per heavy atom. The number of esters is 1. The highest BCUT2D eigenvalue weighted by Gasteiger charge is 2.13. The number of nitrogens with zero attached hydrogens (tertiary/aromatic N) is 3. The van der Waals surface area contributed by atoms with Crippen molar-refractivity contribution in [3.8, 4) is 0 Å². The molecule has 7 heteroatoms. The fourth-order valence-corrected chi connectivity index (χ4v) is 2.68. The van der Waals surface area contributed by atoms with Gasteiger partial charge < -0.3 is 9.47 Å². The zero-order valence-electron chi connectivity index (χ0n) is 13.6. The minimum absolute atomic E-state index is 0.348. The minimum atomic E-state index is -1.08. The Kier molecular flexibility index (Phi) is 5.31. The molecule has 0 spiro atoms. The Morgan fingerprint density at radius 2 is 2.09 bits per heavy atom. The summed E-state index contributed by atoms with van der Waals surface area (Å²) in [7, 11) is -1.08. The lowest BCUT2D eigenvalue weighted by Crippen LogP contribution is -2.22. The number of pyridine rings is 1. The van der Waals surface area contributed by atoms with E-state index >= 15 is 0 Å². The summed E-state index contributed by atoms with van der Waals surface area (Å²) < 4.78 is 12.4. The first-order valence-electron chi connectivity index (χ1n) is 7.47. The van der Waals surface area contributed by atoms with Crippen molar-refractivity contribution in [2.45, 2.75) is 39.3 Å². The van der Waals surface area contributed by atoms with Crippen molar-refractivity contribution in [3.63, 3.8) is 0 Å². The molecule has 0 N–H and O–H groups in total. The molecule has 0 saturated carbocycles. The number of carbonyl (C=O) groups is 1. The maximum Gasteiger partial charge on any atom is 0.339 e. The average Bonchev–Trinajstić information content (AvgIpc) is 2.85. The highest BCUT2D eigenvalue weighted by atomic mass is 28.3. The Bertz CT molecular complexity index is 649. The van der Waals surface area contributed by atoms with Crippen LogP contribution in [-0.4, -0.2) is 42.0 Å². The van der Waals surface area contributed by atoms with Gasteiger partial charge in [0.1, 0.15) is 6.73 Å². The third-order valence-corrected chi connectivity index (χ3v) is 4.90. The van der Waals surface area contributed by atoms with Gasteiger partial charge in [-0.1, -0.05) is 19.6 Å². The second-order valence-electron chi connectivity index (χ2n) is 6.35. The molecule has 2 aromatic rings. The lowest BCUT2D eigenvalue weighted by atomic mass is 10.2. The van der Waals surface area contributed by atoms with E-state index < -0.39 is 8.07 Å². The number of fused-ring (bicyclic) bond motifs is 1. The maximum atomic E-state index is 11.7. The first-order chi connectivity index (χ1) is 10.4. The number of ether oxygens (including phenoxy) is 2. The molecule has 2 rings (SSSR count). The van der Waals surface area contributed by atoms with E-state index in [1.807, 2.05) is 0 Å². The molecule has 120 valence electrons. The van der Waals surface area contributed by atoms with Crippen molar-refractivity contribution < 1.29 is 14.3 Å². The summed E-state index contributed by atoms with van der Waals surface area (Å²) in [4.78, 5) is 16.0. The molecule has 22 heavy (non-hydrogen) atoms. The molecule has 0 unspecified atom stereocenters. The van der Waals surface area contributed by atoms with Gasteiger partial charge in [-0.3, -0.25) is 0 Å². The molecule has 2 heterocycles. The molecule has 0 aliphatic rings. The molecule has 6 nitrogen and oxygen atoms in total. The zero-order chi connectivity index (χ0) is 16.2. The van der Waals surface area contributed by atoms with E-state index in [-0.39, 0.29) is 5.97 Å². The van der Waals surface area contributed by atoms with Gasteiger partial charge >= 0.3 is 5.97 Å². The molecule has 0 aromatic carbocycles. The van der Waals surface area contributed by atoms with E-state index in [9.17, 15) is 4.79 Å². The molecule has 2 aromatic heterocycles. The van der Waals surface area contributed by atoms with E-state index in [1.165, 1.54) is 6.20 Å². The third kappa shape index (κ3) is 4.38. The number of hydrogen-bond acceptors (Lipinski definition) is 5. The van der Waals surface area contributed by atoms with Crippen molar-refractivity contribution in [1.29, 1.82) is 0 Å². The van der Waals surface area contributed by atoms with Crippen LogP contribution in [0.25, 0.3) is 11.0 Å². The third-order valence-electron chi connectivity index (χ3n) is 3.20. The van der Waals surface area contributed by atoms with Crippen LogP contribution >= 0.6 is 0 Å². The molecular weight excluding hydrogens is 298 g/mol. The van der Waals surface area contributed by atoms with Gasteiger partial charge in [-0.15, -0.1) is 0 Å². The van der Waals surface area contributed by atoms with Crippen LogP contribution in [0.2, 0.25) is 25.7 Å². The van der Waals surface area contributed by atoms with Crippen LogP contribution in [0.15, 0.2) is 18.5 Å². The number of carbonyl (C=O) groups excluding carboxylic acids is 1. The molecule has 0 aliphatic heterocycles. The lowest BCUT2D eigenvalue weighted by molar-refractivity contribution is 0.0526. The van der Waals surface area contributed by atoms with Crippen LogP contribution in [0, 0.1) is 0 Å². The summed E-state index contributed by atoms with van der Waals surface area (Å²) in [5.74, 6) is -0.365. The minimum Gasteiger partial charge on any atom is -0.462 e. The molecular formula is C15H23N3O3Si. The van der Waals surface area contributed by atoms with Gasteiger partial charge in [-0.05, 0) is 19.0 Å². The lowest BCUT2D eigenvalue weighted by Gasteiger charge is -2.15. The number of rotatable bonds is 7. The Hall–Kier alpha value is -1.73. The summed E-state index contributed by atoms with van der Waals surface area (Å²) >= 11 is 0. The van der Waals surface area contributed by atoms with Crippen LogP contribution < -0.4 is 0 Å². The highest BCUT2D eigenvalue weighted by molar-refractivity contribution is 6.76.